The number of halogens is 3. The average Bonchev–Trinajstić information content (AvgIpc) is 2.76. The summed E-state index contributed by atoms with van der Waals surface area (Å²) in [6.07, 6.45) is -4.42. The summed E-state index contributed by atoms with van der Waals surface area (Å²) in [5.41, 5.74) is 1.62. The van der Waals surface area contributed by atoms with Crippen LogP contribution in [0.3, 0.4) is 0 Å². The highest BCUT2D eigenvalue weighted by molar-refractivity contribution is 7.99. The lowest BCUT2D eigenvalue weighted by atomic mass is 10.3. The van der Waals surface area contributed by atoms with Crippen LogP contribution in [0.1, 0.15) is 11.4 Å². The van der Waals surface area contributed by atoms with Crippen LogP contribution in [0.2, 0.25) is 0 Å². The van der Waals surface area contributed by atoms with Crippen LogP contribution in [0.25, 0.3) is 5.78 Å². The van der Waals surface area contributed by atoms with Crippen LogP contribution in [0.15, 0.2) is 11.2 Å². The topological polar surface area (TPSA) is 72.2 Å². The number of rotatable bonds is 4. The van der Waals surface area contributed by atoms with Gasteiger partial charge in [0.1, 0.15) is 6.54 Å². The SMILES string of the molecule is Cc1cc(C)n2c(SCC(=O)NCC(F)(F)F)nnc2n1. The van der Waals surface area contributed by atoms with Crippen molar-refractivity contribution in [3.8, 4) is 0 Å². The van der Waals surface area contributed by atoms with Crippen LogP contribution in [-0.2, 0) is 4.79 Å². The first-order valence-corrected chi connectivity index (χ1v) is 6.90. The van der Waals surface area contributed by atoms with Gasteiger partial charge in [-0.25, -0.2) is 4.98 Å². The number of hydrogen-bond acceptors (Lipinski definition) is 5. The van der Waals surface area contributed by atoms with E-state index < -0.39 is 18.6 Å². The van der Waals surface area contributed by atoms with Crippen molar-refractivity contribution in [1.29, 1.82) is 0 Å². The zero-order valence-corrected chi connectivity index (χ0v) is 12.0. The number of hydrogen-bond donors (Lipinski definition) is 1. The number of aryl methyl sites for hydroxylation is 2. The molecule has 1 amide bonds. The zero-order chi connectivity index (χ0) is 15.6. The molecule has 0 unspecified atom stereocenters. The van der Waals surface area contributed by atoms with Crippen LogP contribution in [0.5, 0.6) is 0 Å². The van der Waals surface area contributed by atoms with Gasteiger partial charge in [0.15, 0.2) is 5.16 Å². The molecule has 2 heterocycles. The lowest BCUT2D eigenvalue weighted by Gasteiger charge is -2.08. The summed E-state index contributed by atoms with van der Waals surface area (Å²) in [6, 6.07) is 1.82. The van der Waals surface area contributed by atoms with E-state index in [9.17, 15) is 18.0 Å². The molecular weight excluding hydrogens is 307 g/mol. The Morgan fingerprint density at radius 2 is 2.10 bits per heavy atom. The highest BCUT2D eigenvalue weighted by Crippen LogP contribution is 2.18. The number of alkyl halides is 3. The molecule has 0 saturated carbocycles. The third-order valence-corrected chi connectivity index (χ3v) is 3.41. The van der Waals surface area contributed by atoms with Gasteiger partial charge in [0.25, 0.3) is 5.78 Å². The Hall–Kier alpha value is -1.84. The number of fused-ring (bicyclic) bond motifs is 1. The van der Waals surface area contributed by atoms with E-state index in [1.54, 1.807) is 9.72 Å². The number of carbonyl (C=O) groups excluding carboxylic acids is 1. The van der Waals surface area contributed by atoms with Gasteiger partial charge in [-0.15, -0.1) is 10.2 Å². The molecule has 0 aliphatic heterocycles. The number of nitrogens with zero attached hydrogens (tertiary/aromatic N) is 4. The van der Waals surface area contributed by atoms with Crippen molar-refractivity contribution in [2.75, 3.05) is 12.3 Å². The molecule has 0 aliphatic carbocycles. The summed E-state index contributed by atoms with van der Waals surface area (Å²) in [6.45, 7) is 2.31. The quantitative estimate of drug-likeness (QED) is 0.865. The van der Waals surface area contributed by atoms with Gasteiger partial charge >= 0.3 is 6.18 Å². The Morgan fingerprint density at radius 3 is 2.76 bits per heavy atom. The lowest BCUT2D eigenvalue weighted by Crippen LogP contribution is -2.34. The summed E-state index contributed by atoms with van der Waals surface area (Å²) < 4.78 is 37.6. The van der Waals surface area contributed by atoms with Gasteiger partial charge in [0, 0.05) is 11.4 Å². The summed E-state index contributed by atoms with van der Waals surface area (Å²) in [5, 5.41) is 9.98. The summed E-state index contributed by atoms with van der Waals surface area (Å²) in [5.74, 6) is -0.498. The van der Waals surface area contributed by atoms with Gasteiger partial charge < -0.3 is 5.32 Å². The van der Waals surface area contributed by atoms with E-state index in [-0.39, 0.29) is 5.75 Å². The minimum Gasteiger partial charge on any atom is -0.346 e. The molecule has 0 radical (unpaired) electrons. The fourth-order valence-electron chi connectivity index (χ4n) is 1.67. The normalized spacial score (nSPS) is 11.9. The number of amides is 1. The third-order valence-electron chi connectivity index (χ3n) is 2.48. The molecular formula is C11H12F3N5OS. The molecule has 1 N–H and O–H groups in total. The molecule has 0 aromatic carbocycles. The van der Waals surface area contributed by atoms with E-state index in [2.05, 4.69) is 15.2 Å². The predicted octanol–water partition coefficient (Wildman–Crippen LogP) is 1.51. The molecule has 0 bridgehead atoms. The van der Waals surface area contributed by atoms with E-state index in [0.717, 1.165) is 23.1 Å². The molecule has 2 aromatic heterocycles. The Morgan fingerprint density at radius 1 is 1.38 bits per heavy atom. The summed E-state index contributed by atoms with van der Waals surface area (Å²) in [7, 11) is 0. The van der Waals surface area contributed by atoms with Crippen molar-refractivity contribution in [2.24, 2.45) is 0 Å². The lowest BCUT2D eigenvalue weighted by molar-refractivity contribution is -0.136. The van der Waals surface area contributed by atoms with Crippen molar-refractivity contribution in [1.82, 2.24) is 24.9 Å². The number of carbonyl (C=O) groups is 1. The fourth-order valence-corrected chi connectivity index (χ4v) is 2.49. The smallest absolute Gasteiger partial charge is 0.346 e. The van der Waals surface area contributed by atoms with Crippen molar-refractivity contribution in [3.05, 3.63) is 17.5 Å². The average molecular weight is 319 g/mol. The van der Waals surface area contributed by atoms with Gasteiger partial charge in [-0.3, -0.25) is 9.20 Å². The number of thioether (sulfide) groups is 1. The van der Waals surface area contributed by atoms with Gasteiger partial charge in [-0.1, -0.05) is 11.8 Å². The second-order valence-electron chi connectivity index (χ2n) is 4.34. The first-order valence-electron chi connectivity index (χ1n) is 5.92. The van der Waals surface area contributed by atoms with E-state index in [1.807, 2.05) is 19.9 Å². The van der Waals surface area contributed by atoms with Crippen LogP contribution >= 0.6 is 11.8 Å². The standard InChI is InChI=1S/C11H12F3N5OS/c1-6-3-7(2)19-9(16-6)17-18-10(19)21-4-8(20)15-5-11(12,13)14/h3H,4-5H2,1-2H3,(H,15,20). The molecule has 6 nitrogen and oxygen atoms in total. The molecule has 21 heavy (non-hydrogen) atoms. The first kappa shape index (κ1) is 15.5. The van der Waals surface area contributed by atoms with E-state index in [1.165, 1.54) is 0 Å². The predicted molar refractivity (Wildman–Crippen MR) is 70.0 cm³/mol. The van der Waals surface area contributed by atoms with Gasteiger partial charge in [0.05, 0.1) is 5.75 Å². The van der Waals surface area contributed by atoms with Crippen molar-refractivity contribution < 1.29 is 18.0 Å². The Balaban J connectivity index is 2.03. The van der Waals surface area contributed by atoms with E-state index in [4.69, 9.17) is 0 Å². The van der Waals surface area contributed by atoms with Crippen molar-refractivity contribution in [3.63, 3.8) is 0 Å². The van der Waals surface area contributed by atoms with Gasteiger partial charge in [-0.05, 0) is 19.9 Å². The van der Waals surface area contributed by atoms with Crippen LogP contribution in [0.4, 0.5) is 13.2 Å². The largest absolute Gasteiger partial charge is 0.405 e. The fraction of sp³-hybridized carbons (Fsp3) is 0.455. The molecule has 2 aromatic rings. The van der Waals surface area contributed by atoms with Crippen LogP contribution in [0, 0.1) is 13.8 Å². The zero-order valence-electron chi connectivity index (χ0n) is 11.2. The Labute approximate surface area is 122 Å². The molecule has 0 saturated heterocycles. The Kier molecular flexibility index (Phi) is 4.35. The molecule has 0 spiro atoms. The minimum absolute atomic E-state index is 0.176. The maximum absolute atomic E-state index is 12.0. The van der Waals surface area contributed by atoms with Crippen molar-refractivity contribution >= 4 is 23.4 Å². The van der Waals surface area contributed by atoms with E-state index in [0.29, 0.717) is 10.9 Å². The highest BCUT2D eigenvalue weighted by atomic mass is 32.2. The van der Waals surface area contributed by atoms with Crippen molar-refractivity contribution in [2.45, 2.75) is 25.2 Å². The Bertz CT molecular complexity index is 670. The molecule has 0 fully saturated rings. The van der Waals surface area contributed by atoms with Gasteiger partial charge in [0.2, 0.25) is 5.91 Å². The van der Waals surface area contributed by atoms with E-state index >= 15 is 0 Å². The van der Waals surface area contributed by atoms with Gasteiger partial charge in [-0.2, -0.15) is 13.2 Å². The second kappa shape index (κ2) is 5.88. The summed E-state index contributed by atoms with van der Waals surface area (Å²) >= 11 is 1.01. The minimum atomic E-state index is -4.42. The first-order chi connectivity index (χ1) is 9.76. The third kappa shape index (κ3) is 4.06. The maximum Gasteiger partial charge on any atom is 0.405 e. The number of nitrogens with one attached hydrogen (secondary N) is 1. The molecule has 2 rings (SSSR count). The molecule has 0 aliphatic rings. The second-order valence-corrected chi connectivity index (χ2v) is 5.28. The monoisotopic (exact) mass is 319 g/mol. The van der Waals surface area contributed by atoms with Crippen LogP contribution in [-0.4, -0.2) is 44.0 Å². The molecule has 10 heteroatoms. The van der Waals surface area contributed by atoms with Crippen LogP contribution < -0.4 is 5.32 Å². The molecule has 0 atom stereocenters. The number of aromatic nitrogens is 4. The summed E-state index contributed by atoms with van der Waals surface area (Å²) in [4.78, 5) is 15.5. The molecule has 114 valence electrons. The maximum atomic E-state index is 12.0. The highest BCUT2D eigenvalue weighted by Gasteiger charge is 2.27.